The van der Waals surface area contributed by atoms with E-state index >= 15 is 0 Å². The average Bonchev–Trinajstić information content (AvgIpc) is 3.33. The van der Waals surface area contributed by atoms with Gasteiger partial charge in [-0.2, -0.15) is 13.2 Å². The largest absolute Gasteiger partial charge is 0.416 e. The number of hydrogen-bond acceptors (Lipinski definition) is 3. The van der Waals surface area contributed by atoms with E-state index in [1.165, 1.54) is 6.07 Å². The van der Waals surface area contributed by atoms with E-state index in [2.05, 4.69) is 14.5 Å². The molecule has 7 heteroatoms. The fourth-order valence-electron chi connectivity index (χ4n) is 2.89. The van der Waals surface area contributed by atoms with Crippen LogP contribution in [0.1, 0.15) is 24.4 Å². The molecule has 2 heterocycles. The number of aromatic nitrogens is 3. The Hall–Kier alpha value is -2.02. The Kier molecular flexibility index (Phi) is 3.56. The van der Waals surface area contributed by atoms with Gasteiger partial charge in [-0.05, 0) is 43.4 Å². The molecule has 0 spiro atoms. The molecule has 1 aromatic carbocycles. The van der Waals surface area contributed by atoms with Crippen LogP contribution >= 0.6 is 11.8 Å². The highest BCUT2D eigenvalue weighted by molar-refractivity contribution is 7.98. The molecule has 1 fully saturated rings. The van der Waals surface area contributed by atoms with Crippen molar-refractivity contribution in [1.29, 1.82) is 0 Å². The van der Waals surface area contributed by atoms with Crippen molar-refractivity contribution in [3.63, 3.8) is 0 Å². The molecule has 0 unspecified atom stereocenters. The Labute approximate surface area is 140 Å². The molecule has 1 saturated carbocycles. The monoisotopic (exact) mass is 349 g/mol. The maximum absolute atomic E-state index is 13.0. The van der Waals surface area contributed by atoms with Gasteiger partial charge in [0.1, 0.15) is 5.82 Å². The van der Waals surface area contributed by atoms with Crippen LogP contribution in [0.2, 0.25) is 0 Å². The number of halogens is 3. The van der Waals surface area contributed by atoms with Gasteiger partial charge in [0.25, 0.3) is 0 Å². The second kappa shape index (κ2) is 5.51. The number of alkyl halides is 3. The van der Waals surface area contributed by atoms with Crippen LogP contribution in [-0.4, -0.2) is 20.8 Å². The second-order valence-electron chi connectivity index (χ2n) is 5.81. The lowest BCUT2D eigenvalue weighted by molar-refractivity contribution is -0.137. The summed E-state index contributed by atoms with van der Waals surface area (Å²) in [5, 5.41) is 0. The van der Waals surface area contributed by atoms with Crippen molar-refractivity contribution in [3.05, 3.63) is 42.2 Å². The van der Waals surface area contributed by atoms with Crippen LogP contribution in [0.5, 0.6) is 0 Å². The van der Waals surface area contributed by atoms with Crippen LogP contribution in [-0.2, 0) is 6.18 Å². The van der Waals surface area contributed by atoms with E-state index in [1.54, 1.807) is 24.2 Å². The lowest BCUT2D eigenvalue weighted by Crippen LogP contribution is -2.04. The highest BCUT2D eigenvalue weighted by atomic mass is 32.2. The Balaban J connectivity index is 1.96. The van der Waals surface area contributed by atoms with E-state index < -0.39 is 11.7 Å². The van der Waals surface area contributed by atoms with Gasteiger partial charge in [0, 0.05) is 28.9 Å². The molecule has 0 amide bonds. The summed E-state index contributed by atoms with van der Waals surface area (Å²) in [5.74, 6) is 0.721. The standard InChI is InChI=1S/C17H14F3N3S/c1-24-15-9-21-7-6-12(15)16-22-13-8-10(17(18,19)20)2-5-14(13)23(16)11-3-4-11/h2,5-9,11H,3-4H2,1H3. The van der Waals surface area contributed by atoms with Gasteiger partial charge in [-0.1, -0.05) is 0 Å². The summed E-state index contributed by atoms with van der Waals surface area (Å²) in [5.41, 5.74) is 1.39. The highest BCUT2D eigenvalue weighted by Crippen LogP contribution is 2.43. The molecule has 0 bridgehead atoms. The first kappa shape index (κ1) is 15.5. The summed E-state index contributed by atoms with van der Waals surface area (Å²) in [6.07, 6.45) is 3.09. The number of nitrogens with zero attached hydrogens (tertiary/aromatic N) is 3. The third-order valence-corrected chi connectivity index (χ3v) is 4.94. The number of hydrogen-bond donors (Lipinski definition) is 0. The maximum atomic E-state index is 13.0. The van der Waals surface area contributed by atoms with Crippen molar-refractivity contribution in [3.8, 4) is 11.4 Å². The van der Waals surface area contributed by atoms with E-state index in [0.29, 0.717) is 11.6 Å². The zero-order valence-corrected chi connectivity index (χ0v) is 13.7. The van der Waals surface area contributed by atoms with E-state index in [-0.39, 0.29) is 0 Å². The molecule has 3 aromatic rings. The zero-order valence-electron chi connectivity index (χ0n) is 12.8. The van der Waals surface area contributed by atoms with E-state index in [4.69, 9.17) is 0 Å². The van der Waals surface area contributed by atoms with E-state index in [9.17, 15) is 13.2 Å². The average molecular weight is 349 g/mol. The quantitative estimate of drug-likeness (QED) is 0.611. The van der Waals surface area contributed by atoms with Gasteiger partial charge in [0.15, 0.2) is 0 Å². The van der Waals surface area contributed by atoms with Crippen LogP contribution < -0.4 is 0 Å². The van der Waals surface area contributed by atoms with Crippen molar-refractivity contribution >= 4 is 22.8 Å². The molecule has 0 radical (unpaired) electrons. The van der Waals surface area contributed by atoms with Gasteiger partial charge >= 0.3 is 6.18 Å². The fraction of sp³-hybridized carbons (Fsp3) is 0.294. The van der Waals surface area contributed by atoms with Crippen molar-refractivity contribution in [2.45, 2.75) is 30.0 Å². The number of imidazole rings is 1. The predicted molar refractivity (Wildman–Crippen MR) is 88.0 cm³/mol. The molecule has 0 saturated heterocycles. The molecule has 0 N–H and O–H groups in total. The molecule has 0 atom stereocenters. The minimum atomic E-state index is -4.36. The SMILES string of the molecule is CSc1cnccc1-c1nc2cc(C(F)(F)F)ccc2n1C1CC1. The predicted octanol–water partition coefficient (Wildman–Crippen LogP) is 5.17. The van der Waals surface area contributed by atoms with Crippen LogP contribution in [0, 0.1) is 0 Å². The van der Waals surface area contributed by atoms with E-state index in [1.807, 2.05) is 12.3 Å². The Morgan fingerprint density at radius 3 is 2.67 bits per heavy atom. The molecule has 0 aliphatic heterocycles. The topological polar surface area (TPSA) is 30.7 Å². The van der Waals surface area contributed by atoms with E-state index in [0.717, 1.165) is 46.8 Å². The van der Waals surface area contributed by atoms with Crippen molar-refractivity contribution in [2.24, 2.45) is 0 Å². The number of pyridine rings is 1. The van der Waals surface area contributed by atoms with Crippen molar-refractivity contribution in [2.75, 3.05) is 6.26 Å². The molecule has 1 aliphatic carbocycles. The second-order valence-corrected chi connectivity index (χ2v) is 6.66. The van der Waals surface area contributed by atoms with Gasteiger partial charge in [0.2, 0.25) is 0 Å². The Morgan fingerprint density at radius 2 is 2.00 bits per heavy atom. The smallest absolute Gasteiger partial charge is 0.321 e. The lowest BCUT2D eigenvalue weighted by atomic mass is 10.2. The maximum Gasteiger partial charge on any atom is 0.416 e. The van der Waals surface area contributed by atoms with Gasteiger partial charge in [-0.15, -0.1) is 11.8 Å². The molecule has 2 aromatic heterocycles. The summed E-state index contributed by atoms with van der Waals surface area (Å²) in [4.78, 5) is 9.64. The minimum Gasteiger partial charge on any atom is -0.321 e. The fourth-order valence-corrected chi connectivity index (χ4v) is 3.44. The molecular formula is C17H14F3N3S. The number of fused-ring (bicyclic) bond motifs is 1. The first-order valence-electron chi connectivity index (χ1n) is 7.56. The van der Waals surface area contributed by atoms with Crippen molar-refractivity contribution in [1.82, 2.24) is 14.5 Å². The van der Waals surface area contributed by atoms with Crippen LogP contribution in [0.4, 0.5) is 13.2 Å². The summed E-state index contributed by atoms with van der Waals surface area (Å²) in [6, 6.07) is 5.99. The summed E-state index contributed by atoms with van der Waals surface area (Å²) in [6.45, 7) is 0. The Morgan fingerprint density at radius 1 is 1.21 bits per heavy atom. The van der Waals surface area contributed by atoms with Crippen LogP contribution in [0.15, 0.2) is 41.6 Å². The molecule has 3 nitrogen and oxygen atoms in total. The van der Waals surface area contributed by atoms with Gasteiger partial charge in [-0.3, -0.25) is 4.98 Å². The summed E-state index contributed by atoms with van der Waals surface area (Å²) < 4.78 is 41.0. The number of thioether (sulfide) groups is 1. The number of rotatable bonds is 3. The van der Waals surface area contributed by atoms with Crippen LogP contribution in [0.25, 0.3) is 22.4 Å². The number of benzene rings is 1. The first-order chi connectivity index (χ1) is 11.5. The zero-order chi connectivity index (χ0) is 16.9. The Bertz CT molecular complexity index is 913. The molecule has 1 aliphatic rings. The normalized spacial score (nSPS) is 15.2. The van der Waals surface area contributed by atoms with Gasteiger partial charge in [-0.25, -0.2) is 4.98 Å². The third-order valence-electron chi connectivity index (χ3n) is 4.17. The molecule has 124 valence electrons. The van der Waals surface area contributed by atoms with Crippen LogP contribution in [0.3, 0.4) is 0 Å². The van der Waals surface area contributed by atoms with Gasteiger partial charge in [0.05, 0.1) is 16.6 Å². The molecule has 4 rings (SSSR count). The highest BCUT2D eigenvalue weighted by Gasteiger charge is 2.33. The molecule has 24 heavy (non-hydrogen) atoms. The lowest BCUT2D eigenvalue weighted by Gasteiger charge is -2.10. The first-order valence-corrected chi connectivity index (χ1v) is 8.79. The minimum absolute atomic E-state index is 0.310. The third kappa shape index (κ3) is 2.56. The summed E-state index contributed by atoms with van der Waals surface area (Å²) in [7, 11) is 0. The summed E-state index contributed by atoms with van der Waals surface area (Å²) >= 11 is 1.55. The van der Waals surface area contributed by atoms with Crippen molar-refractivity contribution < 1.29 is 13.2 Å². The molecular weight excluding hydrogens is 335 g/mol. The van der Waals surface area contributed by atoms with Gasteiger partial charge < -0.3 is 4.57 Å².